The molecule has 0 saturated heterocycles. The Morgan fingerprint density at radius 2 is 1.57 bits per heavy atom. The number of benzene rings is 2. The van der Waals surface area contributed by atoms with E-state index in [2.05, 4.69) is 36.4 Å². The van der Waals surface area contributed by atoms with Gasteiger partial charge < -0.3 is 4.42 Å². The molecule has 0 amide bonds. The second-order valence-electron chi connectivity index (χ2n) is 8.35. The van der Waals surface area contributed by atoms with Crippen LogP contribution >= 0.6 is 8.19 Å². The average molecular weight is 320 g/mol. The Labute approximate surface area is 138 Å². The molecular formula is C21H21OP. The lowest BCUT2D eigenvalue weighted by Crippen LogP contribution is -2.48. The molecule has 0 aliphatic heterocycles. The van der Waals surface area contributed by atoms with E-state index >= 15 is 0 Å². The smallest absolute Gasteiger partial charge is 0.147 e. The summed E-state index contributed by atoms with van der Waals surface area (Å²) in [6, 6.07) is 13.2. The summed E-state index contributed by atoms with van der Waals surface area (Å²) >= 11 is 0. The van der Waals surface area contributed by atoms with Gasteiger partial charge in [0.05, 0.1) is 0 Å². The standard InChI is InChI=1S/C21H21OP/c1-2-4-17-16(3-1)5-6-18-19(17)22-20(23-18)21-10-13-7-14(11-21)9-15(8-13)12-21/h1-6,13-15H,7-12H2. The maximum absolute atomic E-state index is 6.61. The molecule has 0 radical (unpaired) electrons. The first-order valence-electron chi connectivity index (χ1n) is 9.08. The predicted octanol–water partition coefficient (Wildman–Crippen LogP) is 6.63. The van der Waals surface area contributed by atoms with Crippen molar-refractivity contribution in [3.05, 3.63) is 41.9 Å². The fourth-order valence-electron chi connectivity index (χ4n) is 6.26. The molecule has 23 heavy (non-hydrogen) atoms. The van der Waals surface area contributed by atoms with Gasteiger partial charge in [-0.1, -0.05) is 30.3 Å². The fourth-order valence-corrected chi connectivity index (χ4v) is 7.54. The molecule has 1 aromatic heterocycles. The Bertz CT molecular complexity index is 887. The quantitative estimate of drug-likeness (QED) is 0.490. The second-order valence-corrected chi connectivity index (χ2v) is 9.46. The first-order chi connectivity index (χ1) is 11.3. The molecule has 1 heterocycles. The Kier molecular flexibility index (Phi) is 2.49. The Morgan fingerprint density at radius 1 is 0.870 bits per heavy atom. The van der Waals surface area contributed by atoms with E-state index in [0.717, 1.165) is 23.3 Å². The van der Waals surface area contributed by atoms with Crippen molar-refractivity contribution in [2.24, 2.45) is 17.8 Å². The zero-order valence-electron chi connectivity index (χ0n) is 13.3. The molecule has 3 aromatic rings. The summed E-state index contributed by atoms with van der Waals surface area (Å²) in [5, 5.41) is 3.97. The average Bonchev–Trinajstić information content (AvgIpc) is 2.99. The van der Waals surface area contributed by atoms with E-state index in [-0.39, 0.29) is 0 Å². The van der Waals surface area contributed by atoms with Gasteiger partial charge in [0, 0.05) is 15.9 Å². The van der Waals surface area contributed by atoms with Crippen molar-refractivity contribution in [3.8, 4) is 0 Å². The highest BCUT2D eigenvalue weighted by atomic mass is 31.0. The van der Waals surface area contributed by atoms with Crippen molar-refractivity contribution < 1.29 is 4.42 Å². The van der Waals surface area contributed by atoms with Crippen molar-refractivity contribution >= 4 is 29.7 Å². The van der Waals surface area contributed by atoms with Gasteiger partial charge in [0.1, 0.15) is 11.1 Å². The van der Waals surface area contributed by atoms with Crippen molar-refractivity contribution in [2.75, 3.05) is 0 Å². The van der Waals surface area contributed by atoms with Gasteiger partial charge in [-0.2, -0.15) is 0 Å². The SMILES string of the molecule is c1ccc2c(c1)ccc1pc(C34CC5CC(CC(C5)C3)C4)oc12. The largest absolute Gasteiger partial charge is 0.455 e. The van der Waals surface area contributed by atoms with Crippen molar-refractivity contribution in [3.63, 3.8) is 0 Å². The molecule has 4 bridgehead atoms. The van der Waals surface area contributed by atoms with Crippen molar-refractivity contribution in [1.29, 1.82) is 0 Å². The lowest BCUT2D eigenvalue weighted by atomic mass is 9.50. The molecule has 7 rings (SSSR count). The van der Waals surface area contributed by atoms with Crippen LogP contribution in [0, 0.1) is 17.8 Å². The van der Waals surface area contributed by atoms with E-state index < -0.39 is 0 Å². The third kappa shape index (κ3) is 1.78. The summed E-state index contributed by atoms with van der Waals surface area (Å²) in [6.45, 7) is 0. The molecule has 0 N–H and O–H groups in total. The molecule has 4 saturated carbocycles. The summed E-state index contributed by atoms with van der Waals surface area (Å²) < 4.78 is 6.61. The molecular weight excluding hydrogens is 299 g/mol. The highest BCUT2D eigenvalue weighted by Gasteiger charge is 2.53. The van der Waals surface area contributed by atoms with Gasteiger partial charge in [-0.05, 0) is 75.9 Å². The normalized spacial score (nSPS) is 35.7. The van der Waals surface area contributed by atoms with Crippen LogP contribution in [0.3, 0.4) is 0 Å². The Hall–Kier alpha value is -1.33. The molecule has 2 heteroatoms. The van der Waals surface area contributed by atoms with Gasteiger partial charge in [-0.25, -0.2) is 0 Å². The van der Waals surface area contributed by atoms with Crippen molar-refractivity contribution in [1.82, 2.24) is 0 Å². The number of fused-ring (bicyclic) bond motifs is 3. The second kappa shape index (κ2) is 4.39. The highest BCUT2D eigenvalue weighted by Crippen LogP contribution is 2.62. The molecule has 4 fully saturated rings. The minimum Gasteiger partial charge on any atom is -0.455 e. The van der Waals surface area contributed by atoms with Gasteiger partial charge in [-0.15, -0.1) is 0 Å². The monoisotopic (exact) mass is 320 g/mol. The molecule has 2 aromatic carbocycles. The van der Waals surface area contributed by atoms with E-state index in [9.17, 15) is 0 Å². The van der Waals surface area contributed by atoms with E-state index in [1.165, 1.54) is 68.1 Å². The van der Waals surface area contributed by atoms with Crippen LogP contribution in [0.25, 0.3) is 21.5 Å². The topological polar surface area (TPSA) is 13.1 Å². The van der Waals surface area contributed by atoms with Crippen LogP contribution in [0.4, 0.5) is 0 Å². The molecule has 4 aliphatic carbocycles. The van der Waals surface area contributed by atoms with Gasteiger partial charge in [0.2, 0.25) is 0 Å². The lowest BCUT2D eigenvalue weighted by molar-refractivity contribution is -0.0122. The lowest BCUT2D eigenvalue weighted by Gasteiger charge is -2.55. The van der Waals surface area contributed by atoms with Crippen LogP contribution in [0.15, 0.2) is 40.8 Å². The molecule has 0 spiro atoms. The van der Waals surface area contributed by atoms with Gasteiger partial charge in [0.25, 0.3) is 0 Å². The summed E-state index contributed by atoms with van der Waals surface area (Å²) in [7, 11) is 1.35. The number of hydrogen-bond donors (Lipinski definition) is 0. The van der Waals surface area contributed by atoms with Gasteiger partial charge >= 0.3 is 0 Å². The zero-order chi connectivity index (χ0) is 15.0. The number of rotatable bonds is 1. The molecule has 116 valence electrons. The predicted molar refractivity (Wildman–Crippen MR) is 96.1 cm³/mol. The van der Waals surface area contributed by atoms with Crippen LogP contribution in [-0.2, 0) is 5.41 Å². The summed E-state index contributed by atoms with van der Waals surface area (Å²) in [6.07, 6.45) is 8.69. The summed E-state index contributed by atoms with van der Waals surface area (Å²) in [4.78, 5) is 0. The molecule has 1 nitrogen and oxygen atoms in total. The van der Waals surface area contributed by atoms with Gasteiger partial charge in [-0.3, -0.25) is 0 Å². The maximum Gasteiger partial charge on any atom is 0.147 e. The van der Waals surface area contributed by atoms with E-state index in [0.29, 0.717) is 5.41 Å². The Morgan fingerprint density at radius 3 is 2.30 bits per heavy atom. The van der Waals surface area contributed by atoms with E-state index in [1.807, 2.05) is 0 Å². The highest BCUT2D eigenvalue weighted by molar-refractivity contribution is 7.37. The molecule has 0 unspecified atom stereocenters. The Balaban J connectivity index is 1.56. The minimum absolute atomic E-state index is 0.399. The minimum atomic E-state index is 0.399. The summed E-state index contributed by atoms with van der Waals surface area (Å²) in [5.41, 5.74) is 2.94. The van der Waals surface area contributed by atoms with Crippen LogP contribution in [-0.4, -0.2) is 0 Å². The third-order valence-electron chi connectivity index (χ3n) is 6.77. The first kappa shape index (κ1) is 13.0. The molecule has 4 aliphatic rings. The zero-order valence-corrected chi connectivity index (χ0v) is 14.2. The summed E-state index contributed by atoms with van der Waals surface area (Å²) in [5.74, 6) is 2.94. The number of hydrogen-bond acceptors (Lipinski definition) is 1. The maximum atomic E-state index is 6.61. The first-order valence-corrected chi connectivity index (χ1v) is 9.97. The van der Waals surface area contributed by atoms with Crippen LogP contribution in [0.1, 0.15) is 44.0 Å². The third-order valence-corrected chi connectivity index (χ3v) is 8.13. The van der Waals surface area contributed by atoms with Crippen molar-refractivity contribution in [2.45, 2.75) is 43.9 Å². The van der Waals surface area contributed by atoms with Gasteiger partial charge in [0.15, 0.2) is 0 Å². The van der Waals surface area contributed by atoms with E-state index in [1.54, 1.807) is 0 Å². The van der Waals surface area contributed by atoms with Crippen LogP contribution < -0.4 is 0 Å². The fraction of sp³-hybridized carbons (Fsp3) is 0.476. The molecule has 0 atom stereocenters. The van der Waals surface area contributed by atoms with Crippen LogP contribution in [0.5, 0.6) is 0 Å². The van der Waals surface area contributed by atoms with Crippen LogP contribution in [0.2, 0.25) is 0 Å². The van der Waals surface area contributed by atoms with E-state index in [4.69, 9.17) is 4.42 Å².